The standard InChI is InChI=1S/C7H16O8S2.2Na/c1-2-6(8)3-15-4-7(17(12,13)14)5-16(9,10)11;;/h6-8H,2-5H2,1H3,(H,9,10,11)(H,12,13,14);;/q;2*+1/p-2. The molecule has 0 heterocycles. The molecule has 0 rings (SSSR count). The molecular weight excluding hydrogens is 322 g/mol. The van der Waals surface area contributed by atoms with Crippen LogP contribution in [0.4, 0.5) is 0 Å². The molecule has 0 aromatic carbocycles. The predicted molar refractivity (Wildman–Crippen MR) is 55.2 cm³/mol. The van der Waals surface area contributed by atoms with Crippen LogP contribution in [0.15, 0.2) is 0 Å². The van der Waals surface area contributed by atoms with E-state index in [1.54, 1.807) is 6.92 Å². The molecule has 2 unspecified atom stereocenters. The van der Waals surface area contributed by atoms with Crippen LogP contribution in [-0.4, -0.2) is 61.4 Å². The first kappa shape index (κ1) is 25.7. The molecule has 2 atom stereocenters. The molecule has 0 radical (unpaired) electrons. The van der Waals surface area contributed by atoms with E-state index in [1.807, 2.05) is 0 Å². The van der Waals surface area contributed by atoms with Gasteiger partial charge >= 0.3 is 59.1 Å². The summed E-state index contributed by atoms with van der Waals surface area (Å²) in [6, 6.07) is 0. The third-order valence-corrected chi connectivity index (χ3v) is 4.02. The topological polar surface area (TPSA) is 144 Å². The first-order valence-corrected chi connectivity index (χ1v) is 7.75. The van der Waals surface area contributed by atoms with Crippen LogP contribution in [0.3, 0.4) is 0 Å². The molecule has 0 bridgehead atoms. The van der Waals surface area contributed by atoms with E-state index in [0.29, 0.717) is 6.42 Å². The van der Waals surface area contributed by atoms with Gasteiger partial charge in [-0.05, 0) is 6.42 Å². The zero-order valence-corrected chi connectivity index (χ0v) is 16.7. The summed E-state index contributed by atoms with van der Waals surface area (Å²) in [4.78, 5) is 0. The van der Waals surface area contributed by atoms with Gasteiger partial charge in [0.2, 0.25) is 0 Å². The van der Waals surface area contributed by atoms with E-state index < -0.39 is 43.9 Å². The van der Waals surface area contributed by atoms with E-state index in [2.05, 4.69) is 4.74 Å². The van der Waals surface area contributed by atoms with Crippen LogP contribution in [0.25, 0.3) is 0 Å². The van der Waals surface area contributed by atoms with Crippen LogP contribution < -0.4 is 59.1 Å². The average molecular weight is 336 g/mol. The second-order valence-corrected chi connectivity index (χ2v) is 6.54. The van der Waals surface area contributed by atoms with Crippen molar-refractivity contribution in [1.29, 1.82) is 0 Å². The number of aliphatic hydroxyl groups excluding tert-OH is 1. The van der Waals surface area contributed by atoms with Crippen molar-refractivity contribution in [3.63, 3.8) is 0 Å². The van der Waals surface area contributed by atoms with Gasteiger partial charge in [-0.2, -0.15) is 0 Å². The number of ether oxygens (including phenoxy) is 1. The fraction of sp³-hybridized carbons (Fsp3) is 1.00. The summed E-state index contributed by atoms with van der Waals surface area (Å²) >= 11 is 0. The second kappa shape index (κ2) is 11.3. The minimum atomic E-state index is -4.94. The van der Waals surface area contributed by atoms with Gasteiger partial charge in [-0.15, -0.1) is 0 Å². The smallest absolute Gasteiger partial charge is 0.748 e. The molecule has 104 valence electrons. The summed E-state index contributed by atoms with van der Waals surface area (Å²) in [5.74, 6) is -1.33. The molecule has 0 amide bonds. The molecule has 0 saturated carbocycles. The Bertz CT molecular complexity index is 420. The zero-order valence-electron chi connectivity index (χ0n) is 11.1. The van der Waals surface area contributed by atoms with E-state index in [4.69, 9.17) is 5.11 Å². The van der Waals surface area contributed by atoms with E-state index >= 15 is 0 Å². The van der Waals surface area contributed by atoms with Gasteiger partial charge in [0.05, 0.1) is 40.4 Å². The maximum absolute atomic E-state index is 10.7. The van der Waals surface area contributed by atoms with Crippen molar-refractivity contribution >= 4 is 20.2 Å². The van der Waals surface area contributed by atoms with Crippen molar-refractivity contribution in [3.05, 3.63) is 0 Å². The van der Waals surface area contributed by atoms with Gasteiger partial charge in [0.25, 0.3) is 0 Å². The minimum absolute atomic E-state index is 0. The molecule has 12 heteroatoms. The summed E-state index contributed by atoms with van der Waals surface area (Å²) < 4.78 is 67.8. The van der Waals surface area contributed by atoms with E-state index in [-0.39, 0.29) is 65.7 Å². The van der Waals surface area contributed by atoms with Crippen molar-refractivity contribution in [2.75, 3.05) is 19.0 Å². The first-order chi connectivity index (χ1) is 7.56. The maximum Gasteiger partial charge on any atom is 1.00 e. The molecule has 19 heavy (non-hydrogen) atoms. The predicted octanol–water partition coefficient (Wildman–Crippen LogP) is -7.76. The molecule has 0 aromatic rings. The van der Waals surface area contributed by atoms with Crippen LogP contribution in [0.1, 0.15) is 13.3 Å². The summed E-state index contributed by atoms with van der Waals surface area (Å²) in [5.41, 5.74) is 0. The van der Waals surface area contributed by atoms with Crippen molar-refractivity contribution in [1.82, 2.24) is 0 Å². The number of hydrogen-bond donors (Lipinski definition) is 1. The summed E-state index contributed by atoms with van der Waals surface area (Å²) in [7, 11) is -9.77. The molecule has 0 spiro atoms. The van der Waals surface area contributed by atoms with Crippen molar-refractivity contribution in [3.8, 4) is 0 Å². The van der Waals surface area contributed by atoms with Crippen LogP contribution in [0, 0.1) is 0 Å². The van der Waals surface area contributed by atoms with Gasteiger partial charge in [0.15, 0.2) is 0 Å². The average Bonchev–Trinajstić information content (AvgIpc) is 2.12. The number of hydrogen-bond acceptors (Lipinski definition) is 8. The normalized spacial score (nSPS) is 14.9. The van der Waals surface area contributed by atoms with Crippen molar-refractivity contribution in [2.45, 2.75) is 24.7 Å². The first-order valence-electron chi connectivity index (χ1n) is 4.70. The van der Waals surface area contributed by atoms with Gasteiger partial charge in [-0.25, -0.2) is 16.8 Å². The van der Waals surface area contributed by atoms with Crippen molar-refractivity contribution < 1.29 is 94.9 Å². The second-order valence-electron chi connectivity index (χ2n) is 3.44. The molecule has 0 aliphatic rings. The molecule has 1 N–H and O–H groups in total. The van der Waals surface area contributed by atoms with Gasteiger partial charge < -0.3 is 18.9 Å². The fourth-order valence-electron chi connectivity index (χ4n) is 0.896. The zero-order chi connectivity index (χ0) is 13.7. The fourth-order valence-corrected chi connectivity index (χ4v) is 2.88. The summed E-state index contributed by atoms with van der Waals surface area (Å²) in [6.07, 6.45) is -0.483. The molecule has 0 fully saturated rings. The van der Waals surface area contributed by atoms with Crippen LogP contribution in [0.5, 0.6) is 0 Å². The SMILES string of the molecule is CCC(O)COCC(CS(=O)(=O)[O-])S(=O)(=O)[O-].[Na+].[Na+]. The Hall–Kier alpha value is 1.74. The van der Waals surface area contributed by atoms with Crippen LogP contribution in [-0.2, 0) is 25.0 Å². The molecule has 0 aromatic heterocycles. The Kier molecular flexibility index (Phi) is 15.3. The minimum Gasteiger partial charge on any atom is -0.748 e. The monoisotopic (exact) mass is 336 g/mol. The Morgan fingerprint density at radius 1 is 1.11 bits per heavy atom. The van der Waals surface area contributed by atoms with Crippen molar-refractivity contribution in [2.24, 2.45) is 0 Å². The Labute approximate surface area is 157 Å². The number of aliphatic hydroxyl groups is 1. The number of rotatable bonds is 8. The third kappa shape index (κ3) is 14.4. The Morgan fingerprint density at radius 2 is 1.58 bits per heavy atom. The molecule has 8 nitrogen and oxygen atoms in total. The van der Waals surface area contributed by atoms with E-state index in [0.717, 1.165) is 0 Å². The molecule has 0 saturated heterocycles. The van der Waals surface area contributed by atoms with E-state index in [9.17, 15) is 25.9 Å². The van der Waals surface area contributed by atoms with Gasteiger partial charge in [0, 0.05) is 0 Å². The van der Waals surface area contributed by atoms with Gasteiger partial charge in [0.1, 0.15) is 10.1 Å². The molecule has 0 aliphatic carbocycles. The quantitative estimate of drug-likeness (QED) is 0.340. The molecular formula is C7H14Na2O8S2. The summed E-state index contributed by atoms with van der Waals surface area (Å²) in [5, 5.41) is 7.12. The van der Waals surface area contributed by atoms with Gasteiger partial charge in [-0.1, -0.05) is 6.92 Å². The van der Waals surface area contributed by atoms with E-state index in [1.165, 1.54) is 0 Å². The Balaban J connectivity index is -0.00000128. The van der Waals surface area contributed by atoms with Gasteiger partial charge in [-0.3, -0.25) is 0 Å². The largest absolute Gasteiger partial charge is 1.00 e. The molecule has 0 aliphatic heterocycles. The van der Waals surface area contributed by atoms with Crippen LogP contribution in [0.2, 0.25) is 0 Å². The Morgan fingerprint density at radius 3 is 1.89 bits per heavy atom. The third-order valence-electron chi connectivity index (χ3n) is 1.88. The summed E-state index contributed by atoms with van der Waals surface area (Å²) in [6.45, 7) is 0.684. The maximum atomic E-state index is 10.7. The van der Waals surface area contributed by atoms with Crippen LogP contribution >= 0.6 is 0 Å².